The molecule has 3 nitrogen and oxygen atoms in total. The Morgan fingerprint density at radius 3 is 2.62 bits per heavy atom. The van der Waals surface area contributed by atoms with Gasteiger partial charge in [-0.1, -0.05) is 13.8 Å². The summed E-state index contributed by atoms with van der Waals surface area (Å²) in [4.78, 5) is 4.37. The maximum atomic E-state index is 8.86. The van der Waals surface area contributed by atoms with Gasteiger partial charge in [0.1, 0.15) is 5.82 Å². The van der Waals surface area contributed by atoms with Crippen LogP contribution in [0, 0.1) is 24.2 Å². The van der Waals surface area contributed by atoms with E-state index in [2.05, 4.69) is 37.1 Å². The fourth-order valence-corrected chi connectivity index (χ4v) is 1.83. The largest absolute Gasteiger partial charge is 0.368 e. The summed E-state index contributed by atoms with van der Waals surface area (Å²) in [6.45, 7) is 8.43. The third-order valence-electron chi connectivity index (χ3n) is 2.30. The SMILES string of the molecule is Cc1cc(C#N)cc(NC(C)CC(C)C)n1. The number of rotatable bonds is 4. The van der Waals surface area contributed by atoms with Crippen LogP contribution in [-0.4, -0.2) is 11.0 Å². The van der Waals surface area contributed by atoms with Crippen molar-refractivity contribution < 1.29 is 0 Å². The van der Waals surface area contributed by atoms with Crippen molar-refractivity contribution >= 4 is 5.82 Å². The summed E-state index contributed by atoms with van der Waals surface area (Å²) >= 11 is 0. The van der Waals surface area contributed by atoms with Crippen molar-refractivity contribution in [2.24, 2.45) is 5.92 Å². The number of nitriles is 1. The predicted molar refractivity (Wildman–Crippen MR) is 66.2 cm³/mol. The molecule has 0 saturated heterocycles. The van der Waals surface area contributed by atoms with Crippen molar-refractivity contribution in [3.8, 4) is 6.07 Å². The molecule has 1 atom stereocenters. The van der Waals surface area contributed by atoms with Crippen LogP contribution in [0.5, 0.6) is 0 Å². The van der Waals surface area contributed by atoms with Gasteiger partial charge in [-0.3, -0.25) is 0 Å². The molecule has 1 N–H and O–H groups in total. The number of hydrogen-bond acceptors (Lipinski definition) is 3. The number of anilines is 1. The number of hydrogen-bond donors (Lipinski definition) is 1. The predicted octanol–water partition coefficient (Wildman–Crippen LogP) is 3.11. The van der Waals surface area contributed by atoms with Gasteiger partial charge in [-0.15, -0.1) is 0 Å². The van der Waals surface area contributed by atoms with Crippen LogP contribution in [0.2, 0.25) is 0 Å². The van der Waals surface area contributed by atoms with Crippen molar-refractivity contribution in [3.05, 3.63) is 23.4 Å². The summed E-state index contributed by atoms with van der Waals surface area (Å²) in [6.07, 6.45) is 1.09. The summed E-state index contributed by atoms with van der Waals surface area (Å²) in [5.74, 6) is 1.45. The fourth-order valence-electron chi connectivity index (χ4n) is 1.83. The van der Waals surface area contributed by atoms with Crippen molar-refractivity contribution in [2.45, 2.75) is 40.2 Å². The molecule has 1 heterocycles. The Balaban J connectivity index is 2.74. The molecule has 3 heteroatoms. The molecule has 0 radical (unpaired) electrons. The highest BCUT2D eigenvalue weighted by atomic mass is 15.0. The minimum absolute atomic E-state index is 0.376. The molecule has 0 aromatic carbocycles. The molecule has 0 amide bonds. The van der Waals surface area contributed by atoms with E-state index in [1.54, 1.807) is 12.1 Å². The lowest BCUT2D eigenvalue weighted by Gasteiger charge is -2.16. The normalized spacial score (nSPS) is 12.2. The van der Waals surface area contributed by atoms with Crippen molar-refractivity contribution in [3.63, 3.8) is 0 Å². The second-order valence-electron chi connectivity index (χ2n) is 4.67. The second-order valence-corrected chi connectivity index (χ2v) is 4.67. The molecule has 0 fully saturated rings. The Kier molecular flexibility index (Phi) is 4.30. The van der Waals surface area contributed by atoms with Crippen LogP contribution in [0.15, 0.2) is 12.1 Å². The molecule has 1 aromatic rings. The molecule has 0 spiro atoms. The lowest BCUT2D eigenvalue weighted by molar-refractivity contribution is 0.539. The van der Waals surface area contributed by atoms with Gasteiger partial charge in [-0.25, -0.2) is 4.98 Å². The first-order valence-electron chi connectivity index (χ1n) is 5.66. The molecule has 86 valence electrons. The minimum atomic E-state index is 0.376. The van der Waals surface area contributed by atoms with Crippen LogP contribution in [0.3, 0.4) is 0 Å². The third kappa shape index (κ3) is 3.90. The van der Waals surface area contributed by atoms with E-state index in [1.165, 1.54) is 0 Å². The van der Waals surface area contributed by atoms with E-state index >= 15 is 0 Å². The van der Waals surface area contributed by atoms with Gasteiger partial charge in [-0.2, -0.15) is 5.26 Å². The average molecular weight is 217 g/mol. The van der Waals surface area contributed by atoms with E-state index in [0.717, 1.165) is 17.9 Å². The van der Waals surface area contributed by atoms with Gasteiger partial charge < -0.3 is 5.32 Å². The molecular formula is C13H19N3. The van der Waals surface area contributed by atoms with E-state index in [0.29, 0.717) is 17.5 Å². The minimum Gasteiger partial charge on any atom is -0.368 e. The van der Waals surface area contributed by atoms with Crippen LogP contribution in [0.1, 0.15) is 38.4 Å². The Labute approximate surface area is 97.5 Å². The summed E-state index contributed by atoms with van der Waals surface area (Å²) in [6, 6.07) is 6.10. The molecule has 0 aliphatic heterocycles. The van der Waals surface area contributed by atoms with Gasteiger partial charge in [0.05, 0.1) is 11.6 Å². The molecule has 1 aromatic heterocycles. The first-order chi connectivity index (χ1) is 7.51. The Morgan fingerprint density at radius 1 is 1.38 bits per heavy atom. The Morgan fingerprint density at radius 2 is 2.06 bits per heavy atom. The van der Waals surface area contributed by atoms with Crippen LogP contribution in [-0.2, 0) is 0 Å². The number of aromatic nitrogens is 1. The van der Waals surface area contributed by atoms with Gasteiger partial charge in [-0.05, 0) is 38.3 Å². The molecule has 0 bridgehead atoms. The maximum absolute atomic E-state index is 8.86. The van der Waals surface area contributed by atoms with E-state index in [1.807, 2.05) is 6.92 Å². The zero-order chi connectivity index (χ0) is 12.1. The highest BCUT2D eigenvalue weighted by Crippen LogP contribution is 2.13. The lowest BCUT2D eigenvalue weighted by atomic mass is 10.1. The molecule has 1 rings (SSSR count). The van der Waals surface area contributed by atoms with Crippen molar-refractivity contribution in [2.75, 3.05) is 5.32 Å². The number of nitrogens with zero attached hydrogens (tertiary/aromatic N) is 2. The monoisotopic (exact) mass is 217 g/mol. The standard InChI is InChI=1S/C13H19N3/c1-9(2)5-10(3)15-13-7-12(8-14)6-11(4)16-13/h6-7,9-10H,5H2,1-4H3,(H,15,16). The maximum Gasteiger partial charge on any atom is 0.127 e. The molecule has 0 aliphatic rings. The fraction of sp³-hybridized carbons (Fsp3) is 0.538. The average Bonchev–Trinajstić information content (AvgIpc) is 2.14. The second kappa shape index (κ2) is 5.50. The topological polar surface area (TPSA) is 48.7 Å². The van der Waals surface area contributed by atoms with Crippen molar-refractivity contribution in [1.82, 2.24) is 4.98 Å². The first-order valence-corrected chi connectivity index (χ1v) is 5.66. The van der Waals surface area contributed by atoms with Gasteiger partial charge in [0.2, 0.25) is 0 Å². The van der Waals surface area contributed by atoms with Crippen LogP contribution in [0.4, 0.5) is 5.82 Å². The summed E-state index contributed by atoms with van der Waals surface area (Å²) in [7, 11) is 0. The lowest BCUT2D eigenvalue weighted by Crippen LogP contribution is -2.18. The molecule has 16 heavy (non-hydrogen) atoms. The van der Waals surface area contributed by atoms with Crippen LogP contribution < -0.4 is 5.32 Å². The molecule has 0 aliphatic carbocycles. The number of pyridine rings is 1. The third-order valence-corrected chi connectivity index (χ3v) is 2.30. The Bertz CT molecular complexity index is 391. The molecule has 0 saturated carbocycles. The van der Waals surface area contributed by atoms with Gasteiger partial charge >= 0.3 is 0 Å². The highest BCUT2D eigenvalue weighted by Gasteiger charge is 2.06. The van der Waals surface area contributed by atoms with Crippen LogP contribution >= 0.6 is 0 Å². The first kappa shape index (κ1) is 12.5. The van der Waals surface area contributed by atoms with E-state index in [-0.39, 0.29) is 0 Å². The molecule has 1 unspecified atom stereocenters. The van der Waals surface area contributed by atoms with E-state index in [4.69, 9.17) is 5.26 Å². The summed E-state index contributed by atoms with van der Waals surface area (Å²) < 4.78 is 0. The summed E-state index contributed by atoms with van der Waals surface area (Å²) in [5, 5.41) is 12.2. The molecular weight excluding hydrogens is 198 g/mol. The van der Waals surface area contributed by atoms with Gasteiger partial charge in [0.25, 0.3) is 0 Å². The zero-order valence-corrected chi connectivity index (χ0v) is 10.4. The number of nitrogens with one attached hydrogen (secondary N) is 1. The number of aryl methyl sites for hydroxylation is 1. The van der Waals surface area contributed by atoms with E-state index < -0.39 is 0 Å². The zero-order valence-electron chi connectivity index (χ0n) is 10.4. The van der Waals surface area contributed by atoms with E-state index in [9.17, 15) is 0 Å². The Hall–Kier alpha value is -1.56. The van der Waals surface area contributed by atoms with Crippen LogP contribution in [0.25, 0.3) is 0 Å². The highest BCUT2D eigenvalue weighted by molar-refractivity contribution is 5.44. The smallest absolute Gasteiger partial charge is 0.127 e. The quantitative estimate of drug-likeness (QED) is 0.843. The van der Waals surface area contributed by atoms with Gasteiger partial charge in [0.15, 0.2) is 0 Å². The summed E-state index contributed by atoms with van der Waals surface area (Å²) in [5.41, 5.74) is 1.53. The van der Waals surface area contributed by atoms with Gasteiger partial charge in [0, 0.05) is 11.7 Å². The van der Waals surface area contributed by atoms with Crippen molar-refractivity contribution in [1.29, 1.82) is 5.26 Å².